The summed E-state index contributed by atoms with van der Waals surface area (Å²) in [6.45, 7) is 3.67. The van der Waals surface area contributed by atoms with Gasteiger partial charge >= 0.3 is 0 Å². The van der Waals surface area contributed by atoms with Crippen molar-refractivity contribution in [3.63, 3.8) is 0 Å². The van der Waals surface area contributed by atoms with E-state index < -0.39 is 0 Å². The molecule has 0 saturated heterocycles. The molecular formula is C11H11NO. The van der Waals surface area contributed by atoms with Crippen molar-refractivity contribution in [2.24, 2.45) is 0 Å². The normalized spacial score (nSPS) is 8.92. The molecule has 0 aromatic heterocycles. The van der Waals surface area contributed by atoms with Crippen LogP contribution >= 0.6 is 0 Å². The Kier molecular flexibility index (Phi) is 3.10. The van der Waals surface area contributed by atoms with Crippen LogP contribution in [0, 0.1) is 11.3 Å². The molecule has 0 aliphatic rings. The summed E-state index contributed by atoms with van der Waals surface area (Å²) in [5.74, 6) is 0.766. The van der Waals surface area contributed by atoms with Gasteiger partial charge in [0.1, 0.15) is 5.75 Å². The second-order valence-corrected chi connectivity index (χ2v) is 2.65. The number of hydrogen-bond acceptors (Lipinski definition) is 2. The Morgan fingerprint density at radius 2 is 2.31 bits per heavy atom. The van der Waals surface area contributed by atoms with Gasteiger partial charge in [-0.15, -0.1) is 0 Å². The van der Waals surface area contributed by atoms with Crippen LogP contribution in [0.5, 0.6) is 5.75 Å². The fourth-order valence-electron chi connectivity index (χ4n) is 1.12. The van der Waals surface area contributed by atoms with Crippen LogP contribution in [0.15, 0.2) is 24.8 Å². The smallest absolute Gasteiger partial charge is 0.119 e. The van der Waals surface area contributed by atoms with E-state index in [2.05, 4.69) is 12.6 Å². The standard InChI is InChI=1S/C11H11NO/c1-3-9-6-10(4-5-12)8-11(7-9)13-2/h3,6-8H,1,4H2,2H3. The number of ether oxygens (including phenoxy) is 1. The molecule has 2 nitrogen and oxygen atoms in total. The Morgan fingerprint density at radius 3 is 2.85 bits per heavy atom. The second kappa shape index (κ2) is 4.32. The van der Waals surface area contributed by atoms with E-state index in [0.29, 0.717) is 6.42 Å². The van der Waals surface area contributed by atoms with Crippen molar-refractivity contribution in [3.8, 4) is 11.8 Å². The van der Waals surface area contributed by atoms with Crippen molar-refractivity contribution in [2.75, 3.05) is 7.11 Å². The lowest BCUT2D eigenvalue weighted by atomic mass is 10.1. The zero-order valence-electron chi connectivity index (χ0n) is 7.58. The Labute approximate surface area is 78.1 Å². The molecule has 66 valence electrons. The van der Waals surface area contributed by atoms with Crippen LogP contribution in [0.2, 0.25) is 0 Å². The molecule has 2 heteroatoms. The SMILES string of the molecule is C=Cc1cc(CC#N)cc(OC)c1. The number of methoxy groups -OCH3 is 1. The van der Waals surface area contributed by atoms with Gasteiger partial charge in [0.2, 0.25) is 0 Å². The van der Waals surface area contributed by atoms with E-state index in [0.717, 1.165) is 16.9 Å². The van der Waals surface area contributed by atoms with Crippen molar-refractivity contribution in [1.29, 1.82) is 5.26 Å². The quantitative estimate of drug-likeness (QED) is 0.703. The largest absolute Gasteiger partial charge is 0.497 e. The predicted octanol–water partition coefficient (Wildman–Crippen LogP) is 2.40. The van der Waals surface area contributed by atoms with Crippen molar-refractivity contribution in [3.05, 3.63) is 35.9 Å². The zero-order chi connectivity index (χ0) is 9.68. The number of rotatable bonds is 3. The van der Waals surface area contributed by atoms with Gasteiger partial charge in [-0.05, 0) is 23.3 Å². The molecule has 0 spiro atoms. The van der Waals surface area contributed by atoms with E-state index in [9.17, 15) is 0 Å². The summed E-state index contributed by atoms with van der Waals surface area (Å²) >= 11 is 0. The first-order chi connectivity index (χ1) is 6.30. The van der Waals surface area contributed by atoms with Crippen LogP contribution in [-0.2, 0) is 6.42 Å². The van der Waals surface area contributed by atoms with Crippen LogP contribution < -0.4 is 4.74 Å². The third-order valence-electron chi connectivity index (χ3n) is 1.74. The molecule has 0 N–H and O–H groups in total. The van der Waals surface area contributed by atoms with Gasteiger partial charge in [0.05, 0.1) is 19.6 Å². The van der Waals surface area contributed by atoms with Crippen LogP contribution in [0.3, 0.4) is 0 Å². The van der Waals surface area contributed by atoms with Gasteiger partial charge in [-0.3, -0.25) is 0 Å². The van der Waals surface area contributed by atoms with Gasteiger partial charge in [-0.25, -0.2) is 0 Å². The molecule has 0 saturated carbocycles. The third kappa shape index (κ3) is 2.34. The topological polar surface area (TPSA) is 33.0 Å². The van der Waals surface area contributed by atoms with E-state index in [1.54, 1.807) is 13.2 Å². The van der Waals surface area contributed by atoms with E-state index in [4.69, 9.17) is 10.00 Å². The average molecular weight is 173 g/mol. The molecule has 1 rings (SSSR count). The van der Waals surface area contributed by atoms with E-state index in [1.165, 1.54) is 0 Å². The maximum atomic E-state index is 8.53. The van der Waals surface area contributed by atoms with Gasteiger partial charge in [0.15, 0.2) is 0 Å². The molecule has 13 heavy (non-hydrogen) atoms. The first-order valence-corrected chi connectivity index (χ1v) is 3.97. The fraction of sp³-hybridized carbons (Fsp3) is 0.182. The summed E-state index contributed by atoms with van der Waals surface area (Å²) in [7, 11) is 1.61. The summed E-state index contributed by atoms with van der Waals surface area (Å²) in [4.78, 5) is 0. The number of nitrogens with zero attached hydrogens (tertiary/aromatic N) is 1. The molecule has 0 radical (unpaired) electrons. The molecule has 0 amide bonds. The first kappa shape index (κ1) is 9.34. The summed E-state index contributed by atoms with van der Waals surface area (Å²) in [6.07, 6.45) is 2.14. The third-order valence-corrected chi connectivity index (χ3v) is 1.74. The zero-order valence-corrected chi connectivity index (χ0v) is 7.58. The van der Waals surface area contributed by atoms with Gasteiger partial charge in [0, 0.05) is 0 Å². The Balaban J connectivity index is 3.08. The summed E-state index contributed by atoms with van der Waals surface area (Å²) < 4.78 is 5.09. The molecule has 0 atom stereocenters. The second-order valence-electron chi connectivity index (χ2n) is 2.65. The van der Waals surface area contributed by atoms with Crippen molar-refractivity contribution < 1.29 is 4.74 Å². The highest BCUT2D eigenvalue weighted by Gasteiger charge is 1.98. The van der Waals surface area contributed by atoms with Crippen molar-refractivity contribution >= 4 is 6.08 Å². The Morgan fingerprint density at radius 1 is 1.54 bits per heavy atom. The van der Waals surface area contributed by atoms with E-state index in [-0.39, 0.29) is 0 Å². The Bertz CT molecular complexity index is 350. The van der Waals surface area contributed by atoms with Crippen LogP contribution in [0.4, 0.5) is 0 Å². The summed E-state index contributed by atoms with van der Waals surface area (Å²) in [5.41, 5.74) is 1.93. The van der Waals surface area contributed by atoms with Gasteiger partial charge < -0.3 is 4.74 Å². The van der Waals surface area contributed by atoms with E-state index >= 15 is 0 Å². The maximum absolute atomic E-state index is 8.53. The molecular weight excluding hydrogens is 162 g/mol. The molecule has 0 unspecified atom stereocenters. The minimum Gasteiger partial charge on any atom is -0.497 e. The molecule has 0 aliphatic carbocycles. The minimum atomic E-state index is 0.401. The van der Waals surface area contributed by atoms with Gasteiger partial charge in [-0.2, -0.15) is 5.26 Å². The molecule has 0 aliphatic heterocycles. The summed E-state index contributed by atoms with van der Waals surface area (Å²) in [6, 6.07) is 7.77. The lowest BCUT2D eigenvalue weighted by Crippen LogP contribution is -1.88. The lowest BCUT2D eigenvalue weighted by molar-refractivity contribution is 0.414. The molecule has 0 bridgehead atoms. The van der Waals surface area contributed by atoms with Crippen LogP contribution in [0.25, 0.3) is 6.08 Å². The monoisotopic (exact) mass is 173 g/mol. The van der Waals surface area contributed by atoms with Crippen molar-refractivity contribution in [2.45, 2.75) is 6.42 Å². The highest BCUT2D eigenvalue weighted by molar-refractivity contribution is 5.52. The minimum absolute atomic E-state index is 0.401. The lowest BCUT2D eigenvalue weighted by Gasteiger charge is -2.03. The maximum Gasteiger partial charge on any atom is 0.119 e. The van der Waals surface area contributed by atoms with Crippen molar-refractivity contribution in [1.82, 2.24) is 0 Å². The highest BCUT2D eigenvalue weighted by atomic mass is 16.5. The van der Waals surface area contributed by atoms with Gasteiger partial charge in [0.25, 0.3) is 0 Å². The average Bonchev–Trinajstić information content (AvgIpc) is 2.17. The molecule has 0 fully saturated rings. The highest BCUT2D eigenvalue weighted by Crippen LogP contribution is 2.17. The number of hydrogen-bond donors (Lipinski definition) is 0. The van der Waals surface area contributed by atoms with Gasteiger partial charge in [-0.1, -0.05) is 18.7 Å². The number of benzene rings is 1. The molecule has 1 aromatic carbocycles. The van der Waals surface area contributed by atoms with Crippen LogP contribution in [-0.4, -0.2) is 7.11 Å². The van der Waals surface area contributed by atoms with E-state index in [1.807, 2.05) is 18.2 Å². The number of nitriles is 1. The Hall–Kier alpha value is -1.75. The molecule has 1 aromatic rings. The fourth-order valence-corrected chi connectivity index (χ4v) is 1.12. The summed E-state index contributed by atoms with van der Waals surface area (Å²) in [5, 5.41) is 8.53. The predicted molar refractivity (Wildman–Crippen MR) is 52.4 cm³/mol. The van der Waals surface area contributed by atoms with Crippen LogP contribution in [0.1, 0.15) is 11.1 Å². The first-order valence-electron chi connectivity index (χ1n) is 3.97. The molecule has 0 heterocycles.